The molecule has 0 radical (unpaired) electrons. The van der Waals surface area contributed by atoms with Crippen LogP contribution in [0.2, 0.25) is 0 Å². The van der Waals surface area contributed by atoms with E-state index in [1.165, 1.54) is 26.0 Å². The largest absolute Gasteiger partial charge is 0.422 e. The number of rotatable bonds is 3. The summed E-state index contributed by atoms with van der Waals surface area (Å²) in [4.78, 5) is 36.2. The average Bonchev–Trinajstić information content (AvgIpc) is 3.32. The van der Waals surface area contributed by atoms with Gasteiger partial charge in [0.25, 0.3) is 11.5 Å². The van der Waals surface area contributed by atoms with Gasteiger partial charge in [0, 0.05) is 37.8 Å². The van der Waals surface area contributed by atoms with Crippen molar-refractivity contribution in [1.82, 2.24) is 0 Å². The van der Waals surface area contributed by atoms with Gasteiger partial charge in [-0.3, -0.25) is 19.7 Å². The number of benzene rings is 2. The molecule has 2 atom stereocenters. The SMILES string of the molecule is CC1(C)OC(=O)C2(C(=O)O1)C(c1ccccc1)[C@@H]2c1ccc([N+](=O)[O-])cc1. The lowest BCUT2D eigenvalue weighted by molar-refractivity contribution is -0.384. The first-order valence-corrected chi connectivity index (χ1v) is 8.53. The Balaban J connectivity index is 1.80. The molecule has 1 saturated heterocycles. The topological polar surface area (TPSA) is 95.7 Å². The molecule has 7 heteroatoms. The molecule has 1 unspecified atom stereocenters. The number of ether oxygens (including phenoxy) is 2. The monoisotopic (exact) mass is 367 g/mol. The lowest BCUT2D eigenvalue weighted by Crippen LogP contribution is -2.48. The summed E-state index contributed by atoms with van der Waals surface area (Å²) in [6.45, 7) is 3.02. The smallest absolute Gasteiger partial charge is 0.328 e. The summed E-state index contributed by atoms with van der Waals surface area (Å²) < 4.78 is 10.8. The van der Waals surface area contributed by atoms with E-state index in [0.717, 1.165) is 5.56 Å². The Morgan fingerprint density at radius 2 is 1.33 bits per heavy atom. The Morgan fingerprint density at radius 1 is 0.852 bits per heavy atom. The van der Waals surface area contributed by atoms with Crippen molar-refractivity contribution in [1.29, 1.82) is 0 Å². The lowest BCUT2D eigenvalue weighted by Gasteiger charge is -2.34. The van der Waals surface area contributed by atoms with Crippen LogP contribution < -0.4 is 0 Å². The van der Waals surface area contributed by atoms with Gasteiger partial charge < -0.3 is 9.47 Å². The van der Waals surface area contributed by atoms with E-state index < -0.39 is 39.9 Å². The average molecular weight is 367 g/mol. The summed E-state index contributed by atoms with van der Waals surface area (Å²) in [6, 6.07) is 15.1. The van der Waals surface area contributed by atoms with E-state index in [1.54, 1.807) is 12.1 Å². The molecule has 2 aliphatic rings. The maximum absolute atomic E-state index is 12.9. The number of cyclic esters (lactones) is 2. The van der Waals surface area contributed by atoms with Crippen LogP contribution >= 0.6 is 0 Å². The second kappa shape index (κ2) is 5.64. The Bertz CT molecular complexity index is 915. The quantitative estimate of drug-likeness (QED) is 0.357. The van der Waals surface area contributed by atoms with E-state index in [1.807, 2.05) is 30.3 Å². The number of hydrogen-bond donors (Lipinski definition) is 0. The van der Waals surface area contributed by atoms with Gasteiger partial charge in [-0.05, 0) is 11.1 Å². The van der Waals surface area contributed by atoms with Crippen molar-refractivity contribution >= 4 is 17.6 Å². The summed E-state index contributed by atoms with van der Waals surface area (Å²) >= 11 is 0. The van der Waals surface area contributed by atoms with Gasteiger partial charge in [-0.1, -0.05) is 42.5 Å². The maximum atomic E-state index is 12.9. The second-order valence-electron chi connectivity index (χ2n) is 7.26. The van der Waals surface area contributed by atoms with E-state index in [2.05, 4.69) is 0 Å². The van der Waals surface area contributed by atoms with Crippen LogP contribution in [0.3, 0.4) is 0 Å². The fourth-order valence-electron chi connectivity index (χ4n) is 3.99. The first-order valence-electron chi connectivity index (χ1n) is 8.53. The molecule has 7 nitrogen and oxygen atoms in total. The van der Waals surface area contributed by atoms with Crippen LogP contribution in [0.25, 0.3) is 0 Å². The standard InChI is InChI=1S/C20H17NO6/c1-19(2)26-17(22)20(18(23)27-19)15(12-6-4-3-5-7-12)16(20)13-8-10-14(11-9-13)21(24)25/h3-11,15-16H,1-2H3/t15?,16-/m0/s1. The molecule has 0 aromatic heterocycles. The van der Waals surface area contributed by atoms with Crippen molar-refractivity contribution in [3.05, 3.63) is 75.8 Å². The fraction of sp³-hybridized carbons (Fsp3) is 0.300. The number of nitro benzene ring substituents is 1. The summed E-state index contributed by atoms with van der Waals surface area (Å²) in [5.41, 5.74) is -0.0512. The van der Waals surface area contributed by atoms with Crippen LogP contribution in [0.1, 0.15) is 36.8 Å². The van der Waals surface area contributed by atoms with Crippen LogP contribution in [0.15, 0.2) is 54.6 Å². The number of esters is 2. The van der Waals surface area contributed by atoms with Crippen molar-refractivity contribution in [3.63, 3.8) is 0 Å². The van der Waals surface area contributed by atoms with Gasteiger partial charge in [0.15, 0.2) is 5.41 Å². The molecule has 0 bridgehead atoms. The van der Waals surface area contributed by atoms with Gasteiger partial charge in [0.2, 0.25) is 0 Å². The number of nitrogens with zero attached hydrogens (tertiary/aromatic N) is 1. The van der Waals surface area contributed by atoms with E-state index in [4.69, 9.17) is 9.47 Å². The summed E-state index contributed by atoms with van der Waals surface area (Å²) in [5, 5.41) is 10.9. The highest BCUT2D eigenvalue weighted by Crippen LogP contribution is 2.72. The van der Waals surface area contributed by atoms with Crippen molar-refractivity contribution in [2.24, 2.45) is 5.41 Å². The van der Waals surface area contributed by atoms with E-state index in [0.29, 0.717) is 5.56 Å². The van der Waals surface area contributed by atoms with Gasteiger partial charge >= 0.3 is 11.9 Å². The van der Waals surface area contributed by atoms with Crippen LogP contribution in [0.5, 0.6) is 0 Å². The number of non-ortho nitro benzene ring substituents is 1. The second-order valence-corrected chi connectivity index (χ2v) is 7.26. The zero-order chi connectivity index (χ0) is 19.4. The van der Waals surface area contributed by atoms with Gasteiger partial charge in [-0.2, -0.15) is 0 Å². The van der Waals surface area contributed by atoms with Crippen LogP contribution in [0.4, 0.5) is 5.69 Å². The third kappa shape index (κ3) is 2.50. The Kier molecular flexibility index (Phi) is 3.59. The molecule has 2 aromatic rings. The summed E-state index contributed by atoms with van der Waals surface area (Å²) in [7, 11) is 0. The molecule has 4 rings (SSSR count). The van der Waals surface area contributed by atoms with Crippen LogP contribution in [-0.2, 0) is 19.1 Å². The molecular formula is C20H17NO6. The maximum Gasteiger partial charge on any atom is 0.328 e. The molecular weight excluding hydrogens is 350 g/mol. The highest BCUT2D eigenvalue weighted by molar-refractivity contribution is 6.08. The highest BCUT2D eigenvalue weighted by atomic mass is 16.7. The molecule has 2 fully saturated rings. The van der Waals surface area contributed by atoms with Gasteiger partial charge in [-0.25, -0.2) is 0 Å². The van der Waals surface area contributed by atoms with Gasteiger partial charge in [-0.15, -0.1) is 0 Å². The lowest BCUT2D eigenvalue weighted by atomic mass is 9.96. The Labute approximate surface area is 155 Å². The third-order valence-corrected chi connectivity index (χ3v) is 5.18. The van der Waals surface area contributed by atoms with E-state index in [-0.39, 0.29) is 5.69 Å². The van der Waals surface area contributed by atoms with E-state index >= 15 is 0 Å². The van der Waals surface area contributed by atoms with E-state index in [9.17, 15) is 19.7 Å². The van der Waals surface area contributed by atoms with Crippen LogP contribution in [-0.4, -0.2) is 22.6 Å². The molecule has 1 heterocycles. The molecule has 2 aromatic carbocycles. The number of nitro groups is 1. The minimum atomic E-state index is -1.47. The molecule has 1 spiro atoms. The number of hydrogen-bond acceptors (Lipinski definition) is 6. The normalized spacial score (nSPS) is 24.8. The third-order valence-electron chi connectivity index (χ3n) is 5.18. The van der Waals surface area contributed by atoms with Crippen molar-refractivity contribution < 1.29 is 24.0 Å². The first kappa shape index (κ1) is 17.2. The molecule has 1 aliphatic carbocycles. The molecule has 138 valence electrons. The van der Waals surface area contributed by atoms with Crippen molar-refractivity contribution in [2.75, 3.05) is 0 Å². The molecule has 1 saturated carbocycles. The predicted octanol–water partition coefficient (Wildman–Crippen LogP) is 3.30. The molecule has 27 heavy (non-hydrogen) atoms. The number of carbonyl (C=O) groups excluding carboxylic acids is 2. The zero-order valence-corrected chi connectivity index (χ0v) is 14.7. The van der Waals surface area contributed by atoms with Gasteiger partial charge in [0.05, 0.1) is 4.92 Å². The Hall–Kier alpha value is -3.22. The first-order chi connectivity index (χ1) is 12.8. The molecule has 0 N–H and O–H groups in total. The zero-order valence-electron chi connectivity index (χ0n) is 14.7. The van der Waals surface area contributed by atoms with Crippen molar-refractivity contribution in [2.45, 2.75) is 31.5 Å². The minimum Gasteiger partial charge on any atom is -0.422 e. The Morgan fingerprint density at radius 3 is 1.81 bits per heavy atom. The highest BCUT2D eigenvalue weighted by Gasteiger charge is 2.79. The van der Waals surface area contributed by atoms with Crippen molar-refractivity contribution in [3.8, 4) is 0 Å². The molecule has 1 aliphatic heterocycles. The fourth-order valence-corrected chi connectivity index (χ4v) is 3.99. The summed E-state index contributed by atoms with van der Waals surface area (Å²) in [6.07, 6.45) is 0. The van der Waals surface area contributed by atoms with Gasteiger partial charge in [0.1, 0.15) is 0 Å². The summed E-state index contributed by atoms with van der Waals surface area (Å²) in [5.74, 6) is -3.52. The number of carbonyl (C=O) groups is 2. The van der Waals surface area contributed by atoms with Crippen LogP contribution in [0, 0.1) is 15.5 Å². The predicted molar refractivity (Wildman–Crippen MR) is 93.7 cm³/mol. The molecule has 0 amide bonds. The minimum absolute atomic E-state index is 0.0559.